The lowest BCUT2D eigenvalue weighted by atomic mass is 10.2. The van der Waals surface area contributed by atoms with Gasteiger partial charge in [-0.15, -0.1) is 0 Å². The molecule has 146 valence electrons. The molecule has 9 nitrogen and oxygen atoms in total. The Labute approximate surface area is 168 Å². The number of halogens is 1. The summed E-state index contributed by atoms with van der Waals surface area (Å²) in [5.74, 6) is -0.352. The Balaban J connectivity index is 1.55. The number of carbonyl (C=O) groups excluding carboxylic acids is 1. The number of nitrogens with zero attached hydrogens (tertiary/aromatic N) is 4. The van der Waals surface area contributed by atoms with Crippen LogP contribution in [0.3, 0.4) is 0 Å². The van der Waals surface area contributed by atoms with Gasteiger partial charge in [0.1, 0.15) is 18.3 Å². The number of hydrogen-bond donors (Lipinski definition) is 2. The van der Waals surface area contributed by atoms with E-state index in [1.54, 1.807) is 42.5 Å². The molecular formula is C19H15ClN6O3. The number of amides is 1. The summed E-state index contributed by atoms with van der Waals surface area (Å²) in [7, 11) is 0. The summed E-state index contributed by atoms with van der Waals surface area (Å²) in [5, 5.41) is 10.3. The molecule has 0 radical (unpaired) electrons. The van der Waals surface area contributed by atoms with Crippen LogP contribution in [0.4, 0.5) is 5.69 Å². The topological polar surface area (TPSA) is 115 Å². The number of nitrogens with one attached hydrogen (secondary N) is 2. The first-order valence-electron chi connectivity index (χ1n) is 8.70. The summed E-state index contributed by atoms with van der Waals surface area (Å²) < 4.78 is 2.59. The highest BCUT2D eigenvalue weighted by Gasteiger charge is 2.14. The van der Waals surface area contributed by atoms with E-state index in [4.69, 9.17) is 11.6 Å². The molecule has 0 saturated carbocycles. The van der Waals surface area contributed by atoms with Gasteiger partial charge in [0.25, 0.3) is 11.1 Å². The van der Waals surface area contributed by atoms with E-state index >= 15 is 0 Å². The Hall–Kier alpha value is -3.72. The summed E-state index contributed by atoms with van der Waals surface area (Å²) in [6.07, 6.45) is 2.80. The van der Waals surface area contributed by atoms with Crippen LogP contribution >= 0.6 is 11.6 Å². The number of benzene rings is 2. The van der Waals surface area contributed by atoms with Gasteiger partial charge in [-0.1, -0.05) is 29.8 Å². The second-order valence-electron chi connectivity index (χ2n) is 6.22. The summed E-state index contributed by atoms with van der Waals surface area (Å²) in [6.45, 7) is 0.0178. The van der Waals surface area contributed by atoms with Gasteiger partial charge in [0.15, 0.2) is 0 Å². The molecule has 2 N–H and O–H groups in total. The third kappa shape index (κ3) is 3.67. The average Bonchev–Trinajstić information content (AvgIpc) is 3.24. The number of rotatable bonds is 5. The number of anilines is 1. The summed E-state index contributed by atoms with van der Waals surface area (Å²) in [6, 6.07) is 11.6. The maximum Gasteiger partial charge on any atom is 0.273 e. The van der Waals surface area contributed by atoms with Gasteiger partial charge in [0, 0.05) is 6.42 Å². The van der Waals surface area contributed by atoms with E-state index in [-0.39, 0.29) is 30.0 Å². The summed E-state index contributed by atoms with van der Waals surface area (Å²) in [4.78, 5) is 41.0. The molecule has 4 rings (SSSR count). The number of aromatic nitrogens is 5. The van der Waals surface area contributed by atoms with Crippen LogP contribution < -0.4 is 16.4 Å². The molecular weight excluding hydrogens is 396 g/mol. The van der Waals surface area contributed by atoms with Gasteiger partial charge in [-0.25, -0.2) is 14.3 Å². The first-order chi connectivity index (χ1) is 14.0. The van der Waals surface area contributed by atoms with Crippen molar-refractivity contribution in [2.24, 2.45) is 0 Å². The van der Waals surface area contributed by atoms with E-state index < -0.39 is 0 Å². The van der Waals surface area contributed by atoms with E-state index in [1.807, 2.05) is 0 Å². The fourth-order valence-electron chi connectivity index (χ4n) is 3.00. The van der Waals surface area contributed by atoms with E-state index in [2.05, 4.69) is 20.5 Å². The normalized spacial score (nSPS) is 10.9. The number of para-hydroxylation sites is 1. The zero-order valence-corrected chi connectivity index (χ0v) is 15.8. The minimum atomic E-state index is -0.385. The van der Waals surface area contributed by atoms with Gasteiger partial charge >= 0.3 is 0 Å². The third-order valence-corrected chi connectivity index (χ3v) is 4.66. The molecule has 4 aromatic rings. The molecule has 0 unspecified atom stereocenters. The number of aryl methyl sites for hydroxylation is 1. The third-order valence-electron chi connectivity index (χ3n) is 4.35. The Bertz CT molecular complexity index is 1310. The lowest BCUT2D eigenvalue weighted by molar-refractivity contribution is -0.116. The fraction of sp³-hybridized carbons (Fsp3) is 0.105. The van der Waals surface area contributed by atoms with Gasteiger partial charge in [-0.05, 0) is 24.3 Å². The van der Waals surface area contributed by atoms with Crippen molar-refractivity contribution >= 4 is 34.0 Å². The van der Waals surface area contributed by atoms with Crippen LogP contribution in [0.1, 0.15) is 6.42 Å². The molecule has 2 heterocycles. The van der Waals surface area contributed by atoms with Gasteiger partial charge in [0.2, 0.25) is 5.91 Å². The molecule has 0 aliphatic rings. The Morgan fingerprint density at radius 1 is 1.10 bits per heavy atom. The highest BCUT2D eigenvalue weighted by molar-refractivity contribution is 6.33. The van der Waals surface area contributed by atoms with Gasteiger partial charge < -0.3 is 5.32 Å². The van der Waals surface area contributed by atoms with Crippen LogP contribution in [-0.4, -0.2) is 30.5 Å². The molecule has 0 aliphatic heterocycles. The lowest BCUT2D eigenvalue weighted by Gasteiger charge is -2.13. The molecule has 2 aromatic heterocycles. The van der Waals surface area contributed by atoms with Crippen LogP contribution in [0, 0.1) is 0 Å². The second-order valence-corrected chi connectivity index (χ2v) is 6.62. The highest BCUT2D eigenvalue weighted by Crippen LogP contribution is 2.27. The lowest BCUT2D eigenvalue weighted by Crippen LogP contribution is -2.31. The van der Waals surface area contributed by atoms with Gasteiger partial charge in [-0.3, -0.25) is 19.5 Å². The number of fused-ring (bicyclic) bond motifs is 1. The zero-order chi connectivity index (χ0) is 20.4. The van der Waals surface area contributed by atoms with Crippen molar-refractivity contribution in [1.82, 2.24) is 24.5 Å². The van der Waals surface area contributed by atoms with Crippen molar-refractivity contribution in [2.45, 2.75) is 13.0 Å². The molecule has 0 spiro atoms. The fourth-order valence-corrected chi connectivity index (χ4v) is 3.26. The SMILES string of the molecule is O=C(CCn1[nH]c(=O)c2ccccc2c1=O)Nc1cccc(Cl)c1-n1cncn1. The minimum absolute atomic E-state index is 0.0178. The highest BCUT2D eigenvalue weighted by atomic mass is 35.5. The zero-order valence-electron chi connectivity index (χ0n) is 15.0. The Kier molecular flexibility index (Phi) is 4.96. The van der Waals surface area contributed by atoms with Crippen LogP contribution in [0.2, 0.25) is 5.02 Å². The van der Waals surface area contributed by atoms with Crippen molar-refractivity contribution in [1.29, 1.82) is 0 Å². The van der Waals surface area contributed by atoms with E-state index in [0.717, 1.165) is 4.68 Å². The van der Waals surface area contributed by atoms with Crippen LogP contribution in [-0.2, 0) is 11.3 Å². The van der Waals surface area contributed by atoms with E-state index in [1.165, 1.54) is 17.3 Å². The monoisotopic (exact) mass is 410 g/mol. The first kappa shape index (κ1) is 18.6. The first-order valence-corrected chi connectivity index (χ1v) is 9.07. The summed E-state index contributed by atoms with van der Waals surface area (Å²) in [5.41, 5.74) is 0.187. The number of H-pyrrole nitrogens is 1. The van der Waals surface area contributed by atoms with Crippen LogP contribution in [0.5, 0.6) is 0 Å². The molecule has 0 bridgehead atoms. The molecule has 0 atom stereocenters. The average molecular weight is 411 g/mol. The number of aromatic amines is 1. The van der Waals surface area contributed by atoms with Gasteiger partial charge in [-0.2, -0.15) is 5.10 Å². The van der Waals surface area contributed by atoms with Crippen molar-refractivity contribution < 1.29 is 4.79 Å². The van der Waals surface area contributed by atoms with Crippen molar-refractivity contribution in [2.75, 3.05) is 5.32 Å². The molecule has 0 aliphatic carbocycles. The van der Waals surface area contributed by atoms with E-state index in [0.29, 0.717) is 27.2 Å². The Morgan fingerprint density at radius 3 is 2.66 bits per heavy atom. The Morgan fingerprint density at radius 2 is 1.90 bits per heavy atom. The molecule has 1 amide bonds. The maximum atomic E-state index is 12.5. The largest absolute Gasteiger partial charge is 0.324 e. The van der Waals surface area contributed by atoms with Gasteiger partial charge in [0.05, 0.1) is 28.0 Å². The van der Waals surface area contributed by atoms with Crippen molar-refractivity contribution in [3.8, 4) is 5.69 Å². The number of carbonyl (C=O) groups is 1. The standard InChI is InChI=1S/C19H15ClN6O3/c20-14-6-3-7-15(17(14)26-11-21-10-22-26)23-16(27)8-9-25-19(29)13-5-2-1-4-12(13)18(28)24-25/h1-7,10-11H,8-9H2,(H,23,27)(H,24,28). The van der Waals surface area contributed by atoms with Crippen LogP contribution in [0.25, 0.3) is 16.5 Å². The van der Waals surface area contributed by atoms with Crippen molar-refractivity contribution in [3.63, 3.8) is 0 Å². The van der Waals surface area contributed by atoms with Crippen molar-refractivity contribution in [3.05, 3.63) is 80.8 Å². The molecule has 0 saturated heterocycles. The molecule has 2 aromatic carbocycles. The second kappa shape index (κ2) is 7.72. The smallest absolute Gasteiger partial charge is 0.273 e. The quantitative estimate of drug-likeness (QED) is 0.522. The van der Waals surface area contributed by atoms with Crippen LogP contribution in [0.15, 0.2) is 64.7 Å². The van der Waals surface area contributed by atoms with E-state index in [9.17, 15) is 14.4 Å². The predicted octanol–water partition coefficient (Wildman–Crippen LogP) is 1.95. The minimum Gasteiger partial charge on any atom is -0.324 e. The summed E-state index contributed by atoms with van der Waals surface area (Å²) >= 11 is 6.25. The molecule has 10 heteroatoms. The predicted molar refractivity (Wildman–Crippen MR) is 108 cm³/mol. The molecule has 29 heavy (non-hydrogen) atoms. The number of hydrogen-bond acceptors (Lipinski definition) is 5. The maximum absolute atomic E-state index is 12.5. The molecule has 0 fully saturated rings.